The van der Waals surface area contributed by atoms with Gasteiger partial charge in [0, 0.05) is 20.2 Å². The Hall–Kier alpha value is -4.61. The van der Waals surface area contributed by atoms with E-state index in [1.54, 1.807) is 22.7 Å². The Morgan fingerprint density at radius 3 is 1.71 bits per heavy atom. The first-order valence-corrected chi connectivity index (χ1v) is 20.6. The molecular formula is C45H49N5S2. The number of nitriles is 3. The molecule has 0 amide bonds. The average molecular weight is 724 g/mol. The van der Waals surface area contributed by atoms with Crippen LogP contribution in [0.3, 0.4) is 0 Å². The van der Waals surface area contributed by atoms with Gasteiger partial charge in [-0.15, -0.1) is 22.7 Å². The summed E-state index contributed by atoms with van der Waals surface area (Å²) < 4.78 is 0. The van der Waals surface area contributed by atoms with Gasteiger partial charge in [-0.25, -0.2) is 9.97 Å². The van der Waals surface area contributed by atoms with Crippen molar-refractivity contribution in [2.75, 3.05) is 0 Å². The number of aromatic nitrogens is 2. The molecule has 3 aromatic heterocycles. The first-order valence-electron chi connectivity index (χ1n) is 19.0. The molecule has 5 rings (SSSR count). The Balaban J connectivity index is 1.65. The van der Waals surface area contributed by atoms with Gasteiger partial charge in [0.2, 0.25) is 0 Å². The van der Waals surface area contributed by atoms with Crippen molar-refractivity contribution in [2.45, 2.75) is 118 Å². The summed E-state index contributed by atoms with van der Waals surface area (Å²) in [5.74, 6) is 0.329. The second-order valence-electron chi connectivity index (χ2n) is 13.8. The largest absolute Gasteiger partial charge is 0.228 e. The molecule has 0 N–H and O–H groups in total. The van der Waals surface area contributed by atoms with E-state index in [0.29, 0.717) is 11.4 Å². The topological polar surface area (TPSA) is 97.1 Å². The normalized spacial score (nSPS) is 10.9. The SMILES string of the molecule is CCCCCCCCc1cc(-c2cc(-c3ccc(-c4ccc(C)s4)s3)nc(-c3c(C#N)cc(C#N)cc3C#N)n2)c(CCCCCCCC)cc1C. The maximum absolute atomic E-state index is 10.2. The Labute approximate surface area is 318 Å². The predicted molar refractivity (Wildman–Crippen MR) is 217 cm³/mol. The molecule has 0 bridgehead atoms. The molecule has 0 unspecified atom stereocenters. The molecule has 0 radical (unpaired) electrons. The lowest BCUT2D eigenvalue weighted by molar-refractivity contribution is 0.605. The first kappa shape index (κ1) is 38.6. The van der Waals surface area contributed by atoms with Gasteiger partial charge in [0.05, 0.1) is 56.7 Å². The summed E-state index contributed by atoms with van der Waals surface area (Å²) >= 11 is 3.46. The van der Waals surface area contributed by atoms with Crippen molar-refractivity contribution in [1.29, 1.82) is 15.8 Å². The molecule has 0 aliphatic rings. The van der Waals surface area contributed by atoms with Crippen LogP contribution in [0, 0.1) is 47.8 Å². The molecule has 2 aromatic carbocycles. The summed E-state index contributed by atoms with van der Waals surface area (Å²) in [6.45, 7) is 8.87. The molecule has 0 fully saturated rings. The maximum Gasteiger partial charge on any atom is 0.163 e. The van der Waals surface area contributed by atoms with Crippen LogP contribution in [0.1, 0.15) is 129 Å². The lowest BCUT2D eigenvalue weighted by atomic mass is 9.91. The van der Waals surface area contributed by atoms with Crippen LogP contribution in [-0.2, 0) is 12.8 Å². The van der Waals surface area contributed by atoms with E-state index in [4.69, 9.17) is 9.97 Å². The van der Waals surface area contributed by atoms with E-state index >= 15 is 0 Å². The highest BCUT2D eigenvalue weighted by Crippen LogP contribution is 2.40. The highest BCUT2D eigenvalue weighted by molar-refractivity contribution is 7.23. The van der Waals surface area contributed by atoms with Crippen molar-refractivity contribution in [3.05, 3.63) is 92.9 Å². The van der Waals surface area contributed by atoms with E-state index < -0.39 is 0 Å². The maximum atomic E-state index is 10.2. The number of hydrogen-bond donors (Lipinski definition) is 0. The lowest BCUT2D eigenvalue weighted by Gasteiger charge is -2.17. The second kappa shape index (κ2) is 19.3. The van der Waals surface area contributed by atoms with Crippen LogP contribution in [0.4, 0.5) is 0 Å². The van der Waals surface area contributed by atoms with Crippen LogP contribution in [0.5, 0.6) is 0 Å². The Morgan fingerprint density at radius 1 is 0.558 bits per heavy atom. The van der Waals surface area contributed by atoms with Crippen molar-refractivity contribution in [3.8, 4) is 61.2 Å². The molecule has 7 heteroatoms. The van der Waals surface area contributed by atoms with E-state index in [2.05, 4.69) is 88.4 Å². The van der Waals surface area contributed by atoms with Gasteiger partial charge in [0.25, 0.3) is 0 Å². The van der Waals surface area contributed by atoms with Crippen molar-refractivity contribution in [1.82, 2.24) is 9.97 Å². The third-order valence-corrected chi connectivity index (χ3v) is 12.0. The lowest BCUT2D eigenvalue weighted by Crippen LogP contribution is -2.03. The molecule has 266 valence electrons. The summed E-state index contributed by atoms with van der Waals surface area (Å²) in [4.78, 5) is 14.9. The minimum atomic E-state index is 0.222. The highest BCUT2D eigenvalue weighted by atomic mass is 32.1. The molecule has 0 saturated heterocycles. The molecule has 0 spiro atoms. The summed E-state index contributed by atoms with van der Waals surface area (Å²) in [6.07, 6.45) is 16.8. The van der Waals surface area contributed by atoms with Crippen molar-refractivity contribution >= 4 is 22.7 Å². The molecule has 3 heterocycles. The molecular weight excluding hydrogens is 675 g/mol. The zero-order chi connectivity index (χ0) is 36.9. The minimum Gasteiger partial charge on any atom is -0.228 e. The van der Waals surface area contributed by atoms with Crippen LogP contribution < -0.4 is 0 Å². The first-order chi connectivity index (χ1) is 25.4. The van der Waals surface area contributed by atoms with Gasteiger partial charge in [-0.2, -0.15) is 15.8 Å². The quantitative estimate of drug-likeness (QED) is 0.0838. The summed E-state index contributed by atoms with van der Waals surface area (Å²) in [5, 5.41) is 30.1. The Kier molecular flexibility index (Phi) is 14.3. The van der Waals surface area contributed by atoms with Gasteiger partial charge in [0.15, 0.2) is 5.82 Å². The van der Waals surface area contributed by atoms with Crippen LogP contribution >= 0.6 is 22.7 Å². The number of hydrogen-bond acceptors (Lipinski definition) is 7. The van der Waals surface area contributed by atoms with Crippen LogP contribution in [0.15, 0.2) is 54.6 Å². The van der Waals surface area contributed by atoms with Gasteiger partial charge in [-0.1, -0.05) is 84.1 Å². The van der Waals surface area contributed by atoms with Crippen LogP contribution in [0.25, 0.3) is 43.0 Å². The second-order valence-corrected chi connectivity index (χ2v) is 16.2. The van der Waals surface area contributed by atoms with E-state index in [1.807, 2.05) is 0 Å². The summed E-state index contributed by atoms with van der Waals surface area (Å²) in [6, 6.07) is 25.0. The fourth-order valence-corrected chi connectivity index (χ4v) is 8.77. The zero-order valence-corrected chi connectivity index (χ0v) is 32.8. The average Bonchev–Trinajstić information content (AvgIpc) is 3.84. The zero-order valence-electron chi connectivity index (χ0n) is 31.1. The molecule has 0 aliphatic carbocycles. The van der Waals surface area contributed by atoms with E-state index in [-0.39, 0.29) is 16.7 Å². The van der Waals surface area contributed by atoms with Crippen LogP contribution in [-0.4, -0.2) is 9.97 Å². The number of nitrogens with zero attached hydrogens (tertiary/aromatic N) is 5. The molecule has 0 aliphatic heterocycles. The Bertz CT molecular complexity index is 2060. The molecule has 5 nitrogen and oxygen atoms in total. The van der Waals surface area contributed by atoms with Crippen molar-refractivity contribution in [3.63, 3.8) is 0 Å². The molecule has 0 saturated carbocycles. The van der Waals surface area contributed by atoms with Crippen molar-refractivity contribution < 1.29 is 0 Å². The standard InChI is InChI=1S/C45H49N5S2/c1-5-7-9-11-13-15-17-34-26-38(35(23-31(34)3)18-16-14-12-10-8-6-2)39-27-40(41-21-22-43(52-41)42-20-19-32(4)51-42)50-45(49-39)44-36(29-47)24-33(28-46)25-37(44)30-48/h19-27H,5-18H2,1-4H3. The Morgan fingerprint density at radius 2 is 1.12 bits per heavy atom. The minimum absolute atomic E-state index is 0.222. The highest BCUT2D eigenvalue weighted by Gasteiger charge is 2.21. The number of benzene rings is 2. The van der Waals surface area contributed by atoms with Gasteiger partial charge >= 0.3 is 0 Å². The van der Waals surface area contributed by atoms with E-state index in [1.165, 1.54) is 108 Å². The third kappa shape index (κ3) is 9.83. The molecule has 52 heavy (non-hydrogen) atoms. The monoisotopic (exact) mass is 723 g/mol. The molecule has 5 aromatic rings. The fourth-order valence-electron chi connectivity index (χ4n) is 6.84. The van der Waals surface area contributed by atoms with Gasteiger partial charge in [0.1, 0.15) is 0 Å². The number of unbranched alkanes of at least 4 members (excludes halogenated alkanes) is 10. The van der Waals surface area contributed by atoms with Gasteiger partial charge in [-0.05, 0) is 105 Å². The summed E-state index contributed by atoms with van der Waals surface area (Å²) in [7, 11) is 0. The van der Waals surface area contributed by atoms with E-state index in [9.17, 15) is 15.8 Å². The summed E-state index contributed by atoms with van der Waals surface area (Å²) in [5.41, 5.74) is 7.68. The third-order valence-electron chi connectivity index (χ3n) is 9.74. The van der Waals surface area contributed by atoms with Crippen molar-refractivity contribution in [2.24, 2.45) is 0 Å². The fraction of sp³-hybridized carbons (Fsp3) is 0.400. The van der Waals surface area contributed by atoms with Crippen LogP contribution in [0.2, 0.25) is 0 Å². The van der Waals surface area contributed by atoms with Gasteiger partial charge in [-0.3, -0.25) is 0 Å². The smallest absolute Gasteiger partial charge is 0.163 e. The molecule has 0 atom stereocenters. The van der Waals surface area contributed by atoms with Gasteiger partial charge < -0.3 is 0 Å². The predicted octanol–water partition coefficient (Wildman–Crippen LogP) is 13.3. The number of rotatable bonds is 18. The van der Waals surface area contributed by atoms with E-state index in [0.717, 1.165) is 47.5 Å². The number of aryl methyl sites for hydroxylation is 4. The number of thiophene rings is 2.